The number of thiophene rings is 1. The molecular formula is C12H17NO6S2. The SMILES string of the molecule is CC(=O)[C@H](C)OC(=O)[C@H](NS(=O)(=O)c1cccs1)[C@@H](C)O. The van der Waals surface area contributed by atoms with Gasteiger partial charge in [-0.15, -0.1) is 11.3 Å². The van der Waals surface area contributed by atoms with Crippen molar-refractivity contribution in [3.05, 3.63) is 17.5 Å². The molecule has 3 atom stereocenters. The van der Waals surface area contributed by atoms with Crippen LogP contribution in [0.15, 0.2) is 21.7 Å². The number of hydrogen-bond donors (Lipinski definition) is 2. The summed E-state index contributed by atoms with van der Waals surface area (Å²) in [5.74, 6) is -1.39. The van der Waals surface area contributed by atoms with E-state index >= 15 is 0 Å². The molecule has 0 aliphatic rings. The molecule has 0 saturated heterocycles. The Bertz CT molecular complexity index is 593. The molecule has 0 radical (unpaired) electrons. The van der Waals surface area contributed by atoms with E-state index in [0.29, 0.717) is 0 Å². The normalized spacial score (nSPS) is 16.0. The van der Waals surface area contributed by atoms with E-state index < -0.39 is 34.2 Å². The van der Waals surface area contributed by atoms with E-state index in [1.54, 1.807) is 11.4 Å². The van der Waals surface area contributed by atoms with Gasteiger partial charge in [-0.3, -0.25) is 9.59 Å². The summed E-state index contributed by atoms with van der Waals surface area (Å²) >= 11 is 0.976. The number of esters is 1. The van der Waals surface area contributed by atoms with Gasteiger partial charge in [0, 0.05) is 0 Å². The van der Waals surface area contributed by atoms with E-state index in [1.165, 1.54) is 26.8 Å². The van der Waals surface area contributed by atoms with E-state index in [2.05, 4.69) is 4.72 Å². The molecule has 0 aromatic carbocycles. The predicted molar refractivity (Wildman–Crippen MR) is 76.3 cm³/mol. The molecule has 0 saturated carbocycles. The third-order valence-corrected chi connectivity index (χ3v) is 5.48. The molecule has 0 bridgehead atoms. The molecule has 7 nitrogen and oxygen atoms in total. The van der Waals surface area contributed by atoms with Gasteiger partial charge in [0.05, 0.1) is 6.10 Å². The van der Waals surface area contributed by atoms with Crippen molar-refractivity contribution in [2.75, 3.05) is 0 Å². The zero-order chi connectivity index (χ0) is 16.2. The van der Waals surface area contributed by atoms with E-state index in [9.17, 15) is 23.1 Å². The lowest BCUT2D eigenvalue weighted by Gasteiger charge is -2.21. The Labute approximate surface area is 127 Å². The number of aliphatic hydroxyl groups is 1. The minimum atomic E-state index is -3.94. The molecule has 0 fully saturated rings. The first kappa shape index (κ1) is 17.8. The number of ether oxygens (including phenoxy) is 1. The van der Waals surface area contributed by atoms with Crippen LogP contribution in [0.2, 0.25) is 0 Å². The summed E-state index contributed by atoms with van der Waals surface area (Å²) in [5.41, 5.74) is 0. The number of Topliss-reactive ketones (excluding diaryl/α,β-unsaturated/α-hetero) is 1. The fourth-order valence-corrected chi connectivity index (χ4v) is 3.58. The van der Waals surface area contributed by atoms with Crippen molar-refractivity contribution in [3.63, 3.8) is 0 Å². The minimum Gasteiger partial charge on any atom is -0.453 e. The number of hydrogen-bond acceptors (Lipinski definition) is 7. The fraction of sp³-hybridized carbons (Fsp3) is 0.500. The average molecular weight is 335 g/mol. The molecule has 21 heavy (non-hydrogen) atoms. The van der Waals surface area contributed by atoms with Crippen molar-refractivity contribution in [2.45, 2.75) is 43.2 Å². The number of rotatable bonds is 7. The first-order valence-electron chi connectivity index (χ1n) is 6.10. The maximum atomic E-state index is 12.0. The molecule has 1 aromatic rings. The number of sulfonamides is 1. The quantitative estimate of drug-likeness (QED) is 0.693. The summed E-state index contributed by atoms with van der Waals surface area (Å²) in [6.07, 6.45) is -2.32. The molecule has 0 spiro atoms. The topological polar surface area (TPSA) is 110 Å². The second-order valence-corrected chi connectivity index (χ2v) is 7.35. The van der Waals surface area contributed by atoms with E-state index in [4.69, 9.17) is 4.74 Å². The van der Waals surface area contributed by atoms with Crippen LogP contribution in [0.4, 0.5) is 0 Å². The summed E-state index contributed by atoms with van der Waals surface area (Å²) in [6.45, 7) is 3.86. The summed E-state index contributed by atoms with van der Waals surface area (Å²) in [5, 5.41) is 11.2. The number of nitrogens with one attached hydrogen (secondary N) is 1. The second-order valence-electron chi connectivity index (χ2n) is 4.46. The van der Waals surface area contributed by atoms with E-state index in [1.807, 2.05) is 0 Å². The molecule has 118 valence electrons. The number of carbonyl (C=O) groups is 2. The minimum absolute atomic E-state index is 0.0144. The Hall–Kier alpha value is -1.29. The van der Waals surface area contributed by atoms with Gasteiger partial charge in [-0.25, -0.2) is 8.42 Å². The highest BCUT2D eigenvalue weighted by molar-refractivity contribution is 7.91. The van der Waals surface area contributed by atoms with Crippen LogP contribution in [0.1, 0.15) is 20.8 Å². The van der Waals surface area contributed by atoms with Gasteiger partial charge in [-0.05, 0) is 32.2 Å². The van der Waals surface area contributed by atoms with Gasteiger partial charge in [0.15, 0.2) is 11.9 Å². The van der Waals surface area contributed by atoms with Crippen LogP contribution in [-0.2, 0) is 24.3 Å². The van der Waals surface area contributed by atoms with Crippen molar-refractivity contribution in [1.82, 2.24) is 4.72 Å². The summed E-state index contributed by atoms with van der Waals surface area (Å²) in [7, 11) is -3.94. The Morgan fingerprint density at radius 2 is 2.00 bits per heavy atom. The third kappa shape index (κ3) is 4.88. The van der Waals surface area contributed by atoms with Crippen LogP contribution in [0, 0.1) is 0 Å². The van der Waals surface area contributed by atoms with Gasteiger partial charge in [0.1, 0.15) is 10.3 Å². The molecule has 0 unspecified atom stereocenters. The van der Waals surface area contributed by atoms with Crippen molar-refractivity contribution in [3.8, 4) is 0 Å². The standard InChI is InChI=1S/C12H17NO6S2/c1-7(14)9(3)19-12(16)11(8(2)15)13-21(17,18)10-5-4-6-20-10/h4-6,8-9,11,13,15H,1-3H3/t8-,9+,11-/m1/s1. The largest absolute Gasteiger partial charge is 0.453 e. The molecule has 2 N–H and O–H groups in total. The van der Waals surface area contributed by atoms with Gasteiger partial charge in [0.25, 0.3) is 10.0 Å². The summed E-state index contributed by atoms with van der Waals surface area (Å²) < 4.78 is 31.0. The fourth-order valence-electron chi connectivity index (χ4n) is 1.32. The molecule has 0 aliphatic heterocycles. The lowest BCUT2D eigenvalue weighted by atomic mass is 10.2. The maximum Gasteiger partial charge on any atom is 0.327 e. The Kier molecular flexibility index (Phi) is 6.02. The van der Waals surface area contributed by atoms with Crippen LogP contribution in [-0.4, -0.2) is 43.5 Å². The van der Waals surface area contributed by atoms with Crippen molar-refractivity contribution < 1.29 is 27.9 Å². The predicted octanol–water partition coefficient (Wildman–Crippen LogP) is 0.296. The average Bonchev–Trinajstić information content (AvgIpc) is 2.89. The first-order chi connectivity index (χ1) is 9.65. The monoisotopic (exact) mass is 335 g/mol. The van der Waals surface area contributed by atoms with Crippen LogP contribution < -0.4 is 4.72 Å². The van der Waals surface area contributed by atoms with E-state index in [0.717, 1.165) is 11.3 Å². The second kappa shape index (κ2) is 7.12. The highest BCUT2D eigenvalue weighted by Gasteiger charge is 2.32. The van der Waals surface area contributed by atoms with Crippen LogP contribution in [0.5, 0.6) is 0 Å². The Morgan fingerprint density at radius 1 is 1.38 bits per heavy atom. The van der Waals surface area contributed by atoms with Crippen LogP contribution in [0.3, 0.4) is 0 Å². The van der Waals surface area contributed by atoms with Gasteiger partial charge >= 0.3 is 5.97 Å². The van der Waals surface area contributed by atoms with Crippen LogP contribution >= 0.6 is 11.3 Å². The number of carbonyl (C=O) groups excluding carboxylic acids is 2. The van der Waals surface area contributed by atoms with Crippen molar-refractivity contribution in [2.24, 2.45) is 0 Å². The van der Waals surface area contributed by atoms with Gasteiger partial charge in [0.2, 0.25) is 0 Å². The Morgan fingerprint density at radius 3 is 2.43 bits per heavy atom. The summed E-state index contributed by atoms with van der Waals surface area (Å²) in [4.78, 5) is 23.0. The zero-order valence-electron chi connectivity index (χ0n) is 11.8. The molecule has 0 aliphatic carbocycles. The van der Waals surface area contributed by atoms with Gasteiger partial charge in [-0.2, -0.15) is 4.72 Å². The highest BCUT2D eigenvalue weighted by atomic mass is 32.2. The molecule has 0 amide bonds. The highest BCUT2D eigenvalue weighted by Crippen LogP contribution is 2.16. The van der Waals surface area contributed by atoms with Gasteiger partial charge < -0.3 is 9.84 Å². The number of ketones is 1. The van der Waals surface area contributed by atoms with Gasteiger partial charge in [-0.1, -0.05) is 6.07 Å². The lowest BCUT2D eigenvalue weighted by Crippen LogP contribution is -2.49. The van der Waals surface area contributed by atoms with Crippen molar-refractivity contribution in [1.29, 1.82) is 0 Å². The number of aliphatic hydroxyl groups excluding tert-OH is 1. The summed E-state index contributed by atoms with van der Waals surface area (Å²) in [6, 6.07) is 1.43. The smallest absolute Gasteiger partial charge is 0.327 e. The first-order valence-corrected chi connectivity index (χ1v) is 8.46. The third-order valence-electron chi connectivity index (χ3n) is 2.64. The molecule has 1 aromatic heterocycles. The lowest BCUT2D eigenvalue weighted by molar-refractivity contribution is -0.157. The zero-order valence-corrected chi connectivity index (χ0v) is 13.4. The maximum absolute atomic E-state index is 12.0. The molecule has 1 rings (SSSR count). The molecule has 9 heteroatoms. The Balaban J connectivity index is 2.88. The van der Waals surface area contributed by atoms with Crippen molar-refractivity contribution >= 4 is 33.1 Å². The van der Waals surface area contributed by atoms with E-state index in [-0.39, 0.29) is 9.99 Å². The molecule has 1 heterocycles. The molecular weight excluding hydrogens is 318 g/mol. The van der Waals surface area contributed by atoms with Crippen LogP contribution in [0.25, 0.3) is 0 Å².